The van der Waals surface area contributed by atoms with Crippen LogP contribution in [0.15, 0.2) is 0 Å². The van der Waals surface area contributed by atoms with Crippen LogP contribution in [0.1, 0.15) is 47.0 Å². The fourth-order valence-electron chi connectivity index (χ4n) is 3.09. The summed E-state index contributed by atoms with van der Waals surface area (Å²) in [4.78, 5) is 37.0. The fraction of sp³-hybridized carbons (Fsp3) is 0.800. The topological polar surface area (TPSA) is 86.7 Å². The Labute approximate surface area is 125 Å². The zero-order chi connectivity index (χ0) is 16.2. The van der Waals surface area contributed by atoms with Gasteiger partial charge in [-0.15, -0.1) is 0 Å². The van der Waals surface area contributed by atoms with Crippen molar-refractivity contribution in [2.24, 2.45) is 5.92 Å². The summed E-state index contributed by atoms with van der Waals surface area (Å²) in [6.45, 7) is 7.65. The number of aliphatic carboxylic acids is 1. The van der Waals surface area contributed by atoms with Gasteiger partial charge in [-0.2, -0.15) is 0 Å². The maximum atomic E-state index is 12.1. The van der Waals surface area contributed by atoms with Gasteiger partial charge in [0.25, 0.3) is 0 Å². The molecule has 1 heterocycles. The van der Waals surface area contributed by atoms with E-state index in [4.69, 9.17) is 0 Å². The largest absolute Gasteiger partial charge is 0.480 e. The van der Waals surface area contributed by atoms with E-state index in [1.54, 1.807) is 4.90 Å². The first-order valence-electron chi connectivity index (χ1n) is 7.53. The van der Waals surface area contributed by atoms with E-state index in [1.807, 2.05) is 20.8 Å². The van der Waals surface area contributed by atoms with Crippen molar-refractivity contribution in [1.82, 2.24) is 10.2 Å². The third-order valence-electron chi connectivity index (χ3n) is 4.36. The second-order valence-corrected chi connectivity index (χ2v) is 6.12. The average Bonchev–Trinajstić information content (AvgIpc) is 2.79. The summed E-state index contributed by atoms with van der Waals surface area (Å²) in [5.41, 5.74) is -0.944. The van der Waals surface area contributed by atoms with Crippen molar-refractivity contribution in [2.75, 3.05) is 13.1 Å². The quantitative estimate of drug-likeness (QED) is 0.733. The number of rotatable bonds is 7. The number of likely N-dealkylation sites (tertiary alicyclic amines) is 1. The van der Waals surface area contributed by atoms with Crippen molar-refractivity contribution in [3.63, 3.8) is 0 Å². The minimum atomic E-state index is -0.944. The number of hydrogen-bond donors (Lipinski definition) is 2. The molecular weight excluding hydrogens is 272 g/mol. The van der Waals surface area contributed by atoms with E-state index in [2.05, 4.69) is 5.32 Å². The van der Waals surface area contributed by atoms with Gasteiger partial charge in [-0.3, -0.25) is 19.3 Å². The second-order valence-electron chi connectivity index (χ2n) is 6.12. The van der Waals surface area contributed by atoms with Crippen LogP contribution in [-0.4, -0.2) is 52.3 Å². The molecule has 1 aliphatic heterocycles. The number of carboxylic acids is 1. The Morgan fingerprint density at radius 1 is 1.33 bits per heavy atom. The Balaban J connectivity index is 2.74. The van der Waals surface area contributed by atoms with Gasteiger partial charge < -0.3 is 10.4 Å². The Kier molecular flexibility index (Phi) is 5.89. The van der Waals surface area contributed by atoms with Crippen LogP contribution in [0.25, 0.3) is 0 Å². The maximum Gasteiger partial charge on any atom is 0.324 e. The van der Waals surface area contributed by atoms with Gasteiger partial charge in [-0.05, 0) is 38.6 Å². The van der Waals surface area contributed by atoms with Crippen molar-refractivity contribution in [1.29, 1.82) is 0 Å². The monoisotopic (exact) mass is 298 g/mol. The highest BCUT2D eigenvalue weighted by Crippen LogP contribution is 2.32. The summed E-state index contributed by atoms with van der Waals surface area (Å²) in [7, 11) is 0. The zero-order valence-electron chi connectivity index (χ0n) is 13.3. The molecule has 1 aliphatic rings. The SMILES string of the molecule is CCC1(C(=O)O)CCCN1CC(=O)NC(C(C)=O)C(C)C. The molecule has 0 aromatic carbocycles. The van der Waals surface area contributed by atoms with Gasteiger partial charge in [-0.1, -0.05) is 20.8 Å². The van der Waals surface area contributed by atoms with Gasteiger partial charge in [-0.25, -0.2) is 0 Å². The Morgan fingerprint density at radius 3 is 2.38 bits per heavy atom. The molecule has 0 bridgehead atoms. The first-order valence-corrected chi connectivity index (χ1v) is 7.53. The second kappa shape index (κ2) is 7.02. The molecule has 0 aromatic heterocycles. The first-order chi connectivity index (χ1) is 9.74. The maximum absolute atomic E-state index is 12.1. The summed E-state index contributed by atoms with van der Waals surface area (Å²) in [6, 6.07) is -0.513. The van der Waals surface area contributed by atoms with Gasteiger partial charge >= 0.3 is 5.97 Å². The van der Waals surface area contributed by atoms with E-state index < -0.39 is 17.6 Å². The van der Waals surface area contributed by atoms with Crippen molar-refractivity contribution in [3.05, 3.63) is 0 Å². The molecule has 120 valence electrons. The first kappa shape index (κ1) is 17.6. The molecule has 0 radical (unpaired) electrons. The van der Waals surface area contributed by atoms with Crippen LogP contribution in [0.2, 0.25) is 0 Å². The number of carbonyl (C=O) groups excluding carboxylic acids is 2. The summed E-state index contributed by atoms with van der Waals surface area (Å²) in [5.74, 6) is -1.23. The smallest absolute Gasteiger partial charge is 0.324 e. The molecule has 1 saturated heterocycles. The molecule has 1 rings (SSSR count). The fourth-order valence-corrected chi connectivity index (χ4v) is 3.09. The number of ketones is 1. The molecular formula is C15H26N2O4. The van der Waals surface area contributed by atoms with Crippen LogP contribution in [0.4, 0.5) is 0 Å². The highest BCUT2D eigenvalue weighted by Gasteiger charge is 2.46. The van der Waals surface area contributed by atoms with E-state index in [9.17, 15) is 19.5 Å². The van der Waals surface area contributed by atoms with Gasteiger partial charge in [0.05, 0.1) is 12.6 Å². The lowest BCUT2D eigenvalue weighted by molar-refractivity contribution is -0.150. The highest BCUT2D eigenvalue weighted by atomic mass is 16.4. The summed E-state index contributed by atoms with van der Waals surface area (Å²) in [5, 5.41) is 12.2. The molecule has 0 aliphatic carbocycles. The Hall–Kier alpha value is -1.43. The number of carbonyl (C=O) groups is 3. The van der Waals surface area contributed by atoms with Crippen LogP contribution in [0.3, 0.4) is 0 Å². The van der Waals surface area contributed by atoms with Crippen LogP contribution in [-0.2, 0) is 14.4 Å². The predicted molar refractivity (Wildman–Crippen MR) is 78.9 cm³/mol. The van der Waals surface area contributed by atoms with Crippen LogP contribution >= 0.6 is 0 Å². The van der Waals surface area contributed by atoms with E-state index >= 15 is 0 Å². The molecule has 0 aromatic rings. The lowest BCUT2D eigenvalue weighted by atomic mass is 9.93. The molecule has 0 spiro atoms. The van der Waals surface area contributed by atoms with Crippen molar-refractivity contribution < 1.29 is 19.5 Å². The van der Waals surface area contributed by atoms with Crippen LogP contribution in [0.5, 0.6) is 0 Å². The van der Waals surface area contributed by atoms with Crippen molar-refractivity contribution in [2.45, 2.75) is 58.5 Å². The number of carboxylic acid groups (broad SMARTS) is 1. The van der Waals surface area contributed by atoms with Crippen LogP contribution in [0, 0.1) is 5.92 Å². The van der Waals surface area contributed by atoms with E-state index in [1.165, 1.54) is 6.92 Å². The minimum Gasteiger partial charge on any atom is -0.480 e. The lowest BCUT2D eigenvalue weighted by Crippen LogP contribution is -2.55. The molecule has 0 saturated carbocycles. The Morgan fingerprint density at radius 2 is 1.95 bits per heavy atom. The number of nitrogens with zero attached hydrogens (tertiary/aromatic N) is 1. The third kappa shape index (κ3) is 3.81. The molecule has 6 heteroatoms. The lowest BCUT2D eigenvalue weighted by Gasteiger charge is -2.33. The summed E-state index contributed by atoms with van der Waals surface area (Å²) in [6.07, 6.45) is 1.80. The summed E-state index contributed by atoms with van der Waals surface area (Å²) >= 11 is 0. The molecule has 2 atom stereocenters. The van der Waals surface area contributed by atoms with Gasteiger partial charge in [0.2, 0.25) is 5.91 Å². The van der Waals surface area contributed by atoms with Gasteiger partial charge in [0, 0.05) is 0 Å². The third-order valence-corrected chi connectivity index (χ3v) is 4.36. The predicted octanol–water partition coefficient (Wildman–Crippen LogP) is 1.05. The van der Waals surface area contributed by atoms with Gasteiger partial charge in [0.1, 0.15) is 5.54 Å². The molecule has 2 N–H and O–H groups in total. The molecule has 1 amide bonds. The van der Waals surface area contributed by atoms with Crippen molar-refractivity contribution >= 4 is 17.7 Å². The normalized spacial score (nSPS) is 24.0. The molecule has 6 nitrogen and oxygen atoms in total. The average molecular weight is 298 g/mol. The molecule has 2 unspecified atom stereocenters. The number of nitrogens with one attached hydrogen (secondary N) is 1. The van der Waals surface area contributed by atoms with Gasteiger partial charge in [0.15, 0.2) is 5.78 Å². The van der Waals surface area contributed by atoms with Crippen molar-refractivity contribution in [3.8, 4) is 0 Å². The standard InChI is InChI=1S/C15H26N2O4/c1-5-15(14(20)21)7-6-8-17(15)9-12(19)16-13(10(2)3)11(4)18/h10,13H,5-9H2,1-4H3,(H,16,19)(H,20,21). The van der Waals surface area contributed by atoms with E-state index in [0.717, 1.165) is 6.42 Å². The van der Waals surface area contributed by atoms with E-state index in [-0.39, 0.29) is 24.2 Å². The minimum absolute atomic E-state index is 0.0143. The summed E-state index contributed by atoms with van der Waals surface area (Å²) < 4.78 is 0. The number of amides is 1. The zero-order valence-corrected chi connectivity index (χ0v) is 13.3. The van der Waals surface area contributed by atoms with E-state index in [0.29, 0.717) is 19.4 Å². The Bertz CT molecular complexity index is 422. The molecule has 1 fully saturated rings. The highest BCUT2D eigenvalue weighted by molar-refractivity contribution is 5.89. The van der Waals surface area contributed by atoms with Crippen LogP contribution < -0.4 is 5.32 Å². The molecule has 21 heavy (non-hydrogen) atoms. The number of Topliss-reactive ketones (excluding diaryl/α,β-unsaturated/α-hetero) is 1. The number of hydrogen-bond acceptors (Lipinski definition) is 4.